The number of nitrogens with one attached hydrogen (secondary N) is 1. The summed E-state index contributed by atoms with van der Waals surface area (Å²) >= 11 is 1.63. The number of rotatable bonds is 8. The summed E-state index contributed by atoms with van der Waals surface area (Å²) < 4.78 is 12.4. The van der Waals surface area contributed by atoms with E-state index >= 15 is 0 Å². The van der Waals surface area contributed by atoms with Crippen molar-refractivity contribution in [1.82, 2.24) is 9.29 Å². The molecule has 5 rings (SSSR count). The molecule has 1 amide bonds. The Hall–Kier alpha value is -1.92. The topological polar surface area (TPSA) is 69.3 Å². The first-order valence-corrected chi connectivity index (χ1v) is 15.4. The average Bonchev–Trinajstić information content (AvgIpc) is 3.57. The lowest BCUT2D eigenvalue weighted by atomic mass is 9.79. The summed E-state index contributed by atoms with van der Waals surface area (Å²) in [6, 6.07) is 7.23. The molecule has 0 bridgehead atoms. The Balaban J connectivity index is 1.56. The summed E-state index contributed by atoms with van der Waals surface area (Å²) in [6.45, 7) is 15.4. The minimum atomic E-state index is -0.590. The number of benzene rings is 1. The van der Waals surface area contributed by atoms with Gasteiger partial charge in [-0.15, -0.1) is 0 Å². The molecule has 0 unspecified atom stereocenters. The van der Waals surface area contributed by atoms with Crippen LogP contribution in [0.4, 0.5) is 0 Å². The van der Waals surface area contributed by atoms with Crippen molar-refractivity contribution in [3.05, 3.63) is 35.0 Å². The molecule has 1 aliphatic heterocycles. The van der Waals surface area contributed by atoms with E-state index in [2.05, 4.69) is 55.2 Å². The van der Waals surface area contributed by atoms with Crippen molar-refractivity contribution < 1.29 is 9.53 Å². The highest BCUT2D eigenvalue weighted by Crippen LogP contribution is 2.58. The summed E-state index contributed by atoms with van der Waals surface area (Å²) in [5.41, 5.74) is 12.0. The Morgan fingerprint density at radius 1 is 1.11 bits per heavy atom. The SMILES string of the molecule is Cc1c(SNCC(C)(C)C(N)=O)cc(-c2cc(C(C)(C)C)c3c(c2)C2(CCO3)CC2)n1CC1CCCCC1. The fourth-order valence-corrected chi connectivity index (χ4v) is 7.26. The highest BCUT2D eigenvalue weighted by atomic mass is 32.2. The molecule has 1 spiro atoms. The van der Waals surface area contributed by atoms with E-state index < -0.39 is 5.41 Å². The zero-order valence-corrected chi connectivity index (χ0v) is 25.2. The highest BCUT2D eigenvalue weighted by Gasteiger charge is 2.49. The molecule has 5 nitrogen and oxygen atoms in total. The van der Waals surface area contributed by atoms with E-state index in [1.165, 1.54) is 77.9 Å². The van der Waals surface area contributed by atoms with Gasteiger partial charge in [-0.05, 0) is 99.9 Å². The third-order valence-corrected chi connectivity index (χ3v) is 10.2. The van der Waals surface area contributed by atoms with Crippen LogP contribution in [0.25, 0.3) is 11.3 Å². The minimum absolute atomic E-state index is 0.00281. The second-order valence-corrected chi connectivity index (χ2v) is 14.7. The molecule has 1 aromatic heterocycles. The zero-order chi connectivity index (χ0) is 27.3. The van der Waals surface area contributed by atoms with Crippen LogP contribution in [-0.2, 0) is 22.2 Å². The van der Waals surface area contributed by atoms with Gasteiger partial charge in [0.1, 0.15) is 5.75 Å². The van der Waals surface area contributed by atoms with Gasteiger partial charge in [-0.25, -0.2) is 0 Å². The summed E-state index contributed by atoms with van der Waals surface area (Å²) in [5, 5.41) is 0. The number of fused-ring (bicyclic) bond motifs is 2. The minimum Gasteiger partial charge on any atom is -0.493 e. The molecule has 2 fully saturated rings. The molecule has 1 aromatic carbocycles. The van der Waals surface area contributed by atoms with E-state index in [4.69, 9.17) is 10.5 Å². The molecule has 2 aromatic rings. The number of hydrogen-bond donors (Lipinski definition) is 2. The van der Waals surface area contributed by atoms with Crippen LogP contribution in [0, 0.1) is 18.3 Å². The smallest absolute Gasteiger partial charge is 0.224 e. The van der Waals surface area contributed by atoms with Gasteiger partial charge in [-0.3, -0.25) is 9.52 Å². The van der Waals surface area contributed by atoms with Crippen molar-refractivity contribution in [2.45, 2.75) is 115 Å². The van der Waals surface area contributed by atoms with Crippen molar-refractivity contribution in [2.75, 3.05) is 13.2 Å². The van der Waals surface area contributed by atoms with Crippen LogP contribution in [0.5, 0.6) is 5.75 Å². The molecule has 3 N–H and O–H groups in total. The van der Waals surface area contributed by atoms with Gasteiger partial charge in [0.05, 0.1) is 12.0 Å². The van der Waals surface area contributed by atoms with E-state index in [-0.39, 0.29) is 11.3 Å². The molecule has 2 heterocycles. The predicted molar refractivity (Wildman–Crippen MR) is 158 cm³/mol. The molecule has 2 saturated carbocycles. The fraction of sp³-hybridized carbons (Fsp3) is 0.656. The number of carbonyl (C=O) groups excluding carboxylic acids is 1. The van der Waals surface area contributed by atoms with E-state index in [1.54, 1.807) is 11.9 Å². The van der Waals surface area contributed by atoms with E-state index in [9.17, 15) is 4.79 Å². The Morgan fingerprint density at radius 2 is 1.82 bits per heavy atom. The Kier molecular flexibility index (Phi) is 7.45. The Morgan fingerprint density at radius 3 is 2.45 bits per heavy atom. The second-order valence-electron chi connectivity index (χ2n) is 13.8. The first-order valence-electron chi connectivity index (χ1n) is 14.6. The van der Waals surface area contributed by atoms with Gasteiger partial charge in [-0.1, -0.05) is 40.0 Å². The van der Waals surface area contributed by atoms with Gasteiger partial charge in [-0.2, -0.15) is 0 Å². The molecular weight excluding hydrogens is 490 g/mol. The maximum Gasteiger partial charge on any atom is 0.224 e. The van der Waals surface area contributed by atoms with Gasteiger partial charge in [0.25, 0.3) is 0 Å². The first kappa shape index (κ1) is 27.6. The number of nitrogens with two attached hydrogens (primary N) is 1. The van der Waals surface area contributed by atoms with Crippen molar-refractivity contribution in [1.29, 1.82) is 0 Å². The summed E-state index contributed by atoms with van der Waals surface area (Å²) in [7, 11) is 0. The van der Waals surface area contributed by atoms with E-state index in [0.717, 1.165) is 31.2 Å². The van der Waals surface area contributed by atoms with Crippen molar-refractivity contribution >= 4 is 17.9 Å². The highest BCUT2D eigenvalue weighted by molar-refractivity contribution is 7.97. The van der Waals surface area contributed by atoms with Crippen LogP contribution >= 0.6 is 11.9 Å². The molecule has 2 aliphatic carbocycles. The largest absolute Gasteiger partial charge is 0.493 e. The van der Waals surface area contributed by atoms with Crippen LogP contribution < -0.4 is 15.2 Å². The lowest BCUT2D eigenvalue weighted by Crippen LogP contribution is -2.38. The maximum absolute atomic E-state index is 11.8. The first-order chi connectivity index (χ1) is 17.9. The predicted octanol–water partition coefficient (Wildman–Crippen LogP) is 7.26. The van der Waals surface area contributed by atoms with Gasteiger partial charge < -0.3 is 15.0 Å². The van der Waals surface area contributed by atoms with Crippen LogP contribution in [0.1, 0.15) is 103 Å². The number of aromatic nitrogens is 1. The lowest BCUT2D eigenvalue weighted by molar-refractivity contribution is -0.125. The summed E-state index contributed by atoms with van der Waals surface area (Å²) in [6.07, 6.45) is 10.4. The monoisotopic (exact) mass is 537 g/mol. The normalized spacial score (nSPS) is 19.3. The van der Waals surface area contributed by atoms with E-state index in [1.807, 2.05) is 13.8 Å². The fourth-order valence-electron chi connectivity index (χ4n) is 6.24. The van der Waals surface area contributed by atoms with Crippen LogP contribution in [-0.4, -0.2) is 23.6 Å². The molecule has 38 heavy (non-hydrogen) atoms. The third-order valence-electron chi connectivity index (χ3n) is 9.29. The molecule has 0 saturated heterocycles. The third kappa shape index (κ3) is 5.40. The second kappa shape index (κ2) is 10.2. The number of ether oxygens (including phenoxy) is 1. The van der Waals surface area contributed by atoms with Crippen molar-refractivity contribution in [3.8, 4) is 17.0 Å². The maximum atomic E-state index is 11.8. The summed E-state index contributed by atoms with van der Waals surface area (Å²) in [4.78, 5) is 13.1. The van der Waals surface area contributed by atoms with Gasteiger partial charge in [0, 0.05) is 45.9 Å². The zero-order valence-electron chi connectivity index (χ0n) is 24.3. The summed E-state index contributed by atoms with van der Waals surface area (Å²) in [5.74, 6) is 1.60. The van der Waals surface area contributed by atoms with Gasteiger partial charge in [0.2, 0.25) is 5.91 Å². The van der Waals surface area contributed by atoms with Crippen LogP contribution in [0.2, 0.25) is 0 Å². The number of hydrogen-bond acceptors (Lipinski definition) is 4. The molecule has 6 heteroatoms. The quantitative estimate of drug-likeness (QED) is 0.348. The molecular formula is C32H47N3O2S. The Labute approximate surface area is 233 Å². The molecule has 0 radical (unpaired) electrons. The number of amides is 1. The van der Waals surface area contributed by atoms with Gasteiger partial charge >= 0.3 is 0 Å². The van der Waals surface area contributed by atoms with Crippen molar-refractivity contribution in [2.24, 2.45) is 17.1 Å². The van der Waals surface area contributed by atoms with Gasteiger partial charge in [0.15, 0.2) is 0 Å². The standard InChI is InChI=1S/C32H47N3O2S/c1-21-27(38-34-20-31(5,6)29(33)36)18-26(35(21)19-22-10-8-7-9-11-22)23-16-24(30(2,3)4)28-25(17-23)32(12-13-32)14-15-37-28/h16-18,22,34H,7-15,19-20H2,1-6H3,(H2,33,36). The van der Waals surface area contributed by atoms with Crippen LogP contribution in [0.15, 0.2) is 23.1 Å². The van der Waals surface area contributed by atoms with Crippen molar-refractivity contribution in [3.63, 3.8) is 0 Å². The van der Waals surface area contributed by atoms with Crippen LogP contribution in [0.3, 0.4) is 0 Å². The number of primary amides is 1. The Bertz CT molecular complexity index is 1180. The lowest BCUT2D eigenvalue weighted by Gasteiger charge is -2.33. The average molecular weight is 538 g/mol. The number of nitrogens with zero attached hydrogens (tertiary/aromatic N) is 1. The molecule has 0 atom stereocenters. The molecule has 208 valence electrons. The number of carbonyl (C=O) groups is 1. The molecule has 3 aliphatic rings. The van der Waals surface area contributed by atoms with E-state index in [0.29, 0.717) is 12.0 Å².